The van der Waals surface area contributed by atoms with Gasteiger partial charge in [0.2, 0.25) is 5.91 Å². The van der Waals surface area contributed by atoms with Crippen LogP contribution in [-0.2, 0) is 4.79 Å². The summed E-state index contributed by atoms with van der Waals surface area (Å²) in [4.78, 5) is 14.9. The molecule has 23 heavy (non-hydrogen) atoms. The van der Waals surface area contributed by atoms with Crippen molar-refractivity contribution in [1.82, 2.24) is 10.2 Å². The number of hydrogen-bond donors (Lipinski definition) is 3. The first-order valence-corrected chi connectivity index (χ1v) is 9.38. The van der Waals surface area contributed by atoms with Gasteiger partial charge in [-0.25, -0.2) is 0 Å². The standard InChI is InChI=1S/C18H30N2O3/c1-11(20-4-2-15(21)3-5-20)17(22)19-16-13-6-12-7-14(16)10-18(23,8-12)9-13/h11-16,21,23H,2-10H2,1H3,(H,19,22). The molecule has 5 heteroatoms. The Morgan fingerprint density at radius 1 is 1.17 bits per heavy atom. The van der Waals surface area contributed by atoms with Crippen LogP contribution in [0.1, 0.15) is 51.9 Å². The molecule has 4 aliphatic carbocycles. The zero-order valence-corrected chi connectivity index (χ0v) is 14.1. The van der Waals surface area contributed by atoms with Gasteiger partial charge in [0.05, 0.1) is 17.7 Å². The zero-order valence-electron chi connectivity index (χ0n) is 14.1. The molecule has 3 atom stereocenters. The fourth-order valence-corrected chi connectivity index (χ4v) is 5.94. The van der Waals surface area contributed by atoms with Gasteiger partial charge in [-0.1, -0.05) is 0 Å². The van der Waals surface area contributed by atoms with Crippen LogP contribution in [0, 0.1) is 17.8 Å². The molecule has 5 fully saturated rings. The van der Waals surface area contributed by atoms with Crippen LogP contribution in [0.5, 0.6) is 0 Å². The maximum atomic E-state index is 12.7. The third kappa shape index (κ3) is 2.92. The van der Waals surface area contributed by atoms with Crippen LogP contribution in [0.25, 0.3) is 0 Å². The molecule has 3 unspecified atom stereocenters. The Morgan fingerprint density at radius 2 is 1.78 bits per heavy atom. The molecule has 1 saturated heterocycles. The lowest BCUT2D eigenvalue weighted by Crippen LogP contribution is -2.63. The van der Waals surface area contributed by atoms with Gasteiger partial charge in [-0.15, -0.1) is 0 Å². The molecular weight excluding hydrogens is 292 g/mol. The highest BCUT2D eigenvalue weighted by Gasteiger charge is 2.55. The summed E-state index contributed by atoms with van der Waals surface area (Å²) in [5, 5.41) is 23.6. The Kier molecular flexibility index (Phi) is 3.94. The summed E-state index contributed by atoms with van der Waals surface area (Å²) in [7, 11) is 0. The number of aliphatic hydroxyl groups excluding tert-OH is 1. The number of aliphatic hydroxyl groups is 2. The van der Waals surface area contributed by atoms with E-state index in [4.69, 9.17) is 0 Å². The van der Waals surface area contributed by atoms with E-state index in [2.05, 4.69) is 10.2 Å². The number of nitrogens with one attached hydrogen (secondary N) is 1. The fourth-order valence-electron chi connectivity index (χ4n) is 5.94. The van der Waals surface area contributed by atoms with Gasteiger partial charge in [0.25, 0.3) is 0 Å². The van der Waals surface area contributed by atoms with E-state index in [1.165, 1.54) is 12.8 Å². The van der Waals surface area contributed by atoms with Crippen LogP contribution in [0.15, 0.2) is 0 Å². The summed E-state index contributed by atoms with van der Waals surface area (Å²) in [5.41, 5.74) is -0.438. The van der Waals surface area contributed by atoms with E-state index in [9.17, 15) is 15.0 Å². The van der Waals surface area contributed by atoms with Gasteiger partial charge in [0.1, 0.15) is 0 Å². The molecule has 0 aromatic rings. The predicted molar refractivity (Wildman–Crippen MR) is 86.7 cm³/mol. The zero-order chi connectivity index (χ0) is 16.2. The van der Waals surface area contributed by atoms with Crippen LogP contribution in [0.4, 0.5) is 0 Å². The van der Waals surface area contributed by atoms with E-state index in [1.807, 2.05) is 6.92 Å². The molecule has 4 bridgehead atoms. The van der Waals surface area contributed by atoms with E-state index in [1.54, 1.807) is 0 Å². The SMILES string of the molecule is CC(C(=O)NC1C2CC3CC1CC(O)(C3)C2)N1CCC(O)CC1. The van der Waals surface area contributed by atoms with E-state index in [-0.39, 0.29) is 24.1 Å². The van der Waals surface area contributed by atoms with Crippen LogP contribution < -0.4 is 5.32 Å². The van der Waals surface area contributed by atoms with Crippen molar-refractivity contribution in [2.45, 2.75) is 75.7 Å². The number of nitrogens with zero attached hydrogens (tertiary/aromatic N) is 1. The van der Waals surface area contributed by atoms with Gasteiger partial charge in [-0.2, -0.15) is 0 Å². The van der Waals surface area contributed by atoms with E-state index < -0.39 is 5.60 Å². The molecule has 3 N–H and O–H groups in total. The van der Waals surface area contributed by atoms with Crippen molar-refractivity contribution in [3.8, 4) is 0 Å². The highest BCUT2D eigenvalue weighted by atomic mass is 16.3. The molecule has 5 aliphatic rings. The molecular formula is C18H30N2O3. The molecule has 0 aromatic carbocycles. The number of carbonyl (C=O) groups excluding carboxylic acids is 1. The predicted octanol–water partition coefficient (Wildman–Crippen LogP) is 0.887. The Balaban J connectivity index is 1.37. The van der Waals surface area contributed by atoms with Gasteiger partial charge in [-0.05, 0) is 69.6 Å². The van der Waals surface area contributed by atoms with E-state index in [0.717, 1.165) is 45.2 Å². The molecule has 0 radical (unpaired) electrons. The van der Waals surface area contributed by atoms with Crippen molar-refractivity contribution in [3.63, 3.8) is 0 Å². The summed E-state index contributed by atoms with van der Waals surface area (Å²) in [6.07, 6.45) is 6.40. The molecule has 130 valence electrons. The van der Waals surface area contributed by atoms with Crippen LogP contribution >= 0.6 is 0 Å². The minimum atomic E-state index is -0.438. The molecule has 1 aliphatic heterocycles. The van der Waals surface area contributed by atoms with E-state index in [0.29, 0.717) is 17.8 Å². The number of amides is 1. The average Bonchev–Trinajstić information content (AvgIpc) is 2.49. The number of carbonyl (C=O) groups is 1. The van der Waals surface area contributed by atoms with Crippen molar-refractivity contribution in [1.29, 1.82) is 0 Å². The summed E-state index contributed by atoms with van der Waals surface area (Å²) >= 11 is 0. The molecule has 0 spiro atoms. The molecule has 5 nitrogen and oxygen atoms in total. The quantitative estimate of drug-likeness (QED) is 0.721. The van der Waals surface area contributed by atoms with Gasteiger partial charge in [-0.3, -0.25) is 9.69 Å². The summed E-state index contributed by atoms with van der Waals surface area (Å²) < 4.78 is 0. The Morgan fingerprint density at radius 3 is 2.35 bits per heavy atom. The number of likely N-dealkylation sites (tertiary alicyclic amines) is 1. The lowest BCUT2D eigenvalue weighted by Gasteiger charge is -2.58. The topological polar surface area (TPSA) is 72.8 Å². The van der Waals surface area contributed by atoms with Crippen LogP contribution in [0.3, 0.4) is 0 Å². The lowest BCUT2D eigenvalue weighted by molar-refractivity contribution is -0.148. The summed E-state index contributed by atoms with van der Waals surface area (Å²) in [5.74, 6) is 1.73. The Hall–Kier alpha value is -0.650. The second-order valence-corrected chi connectivity index (χ2v) is 8.67. The smallest absolute Gasteiger partial charge is 0.237 e. The van der Waals surface area contributed by atoms with Crippen molar-refractivity contribution in [3.05, 3.63) is 0 Å². The second kappa shape index (κ2) is 5.71. The molecule has 4 saturated carbocycles. The first-order chi connectivity index (χ1) is 10.9. The molecule has 1 amide bonds. The van der Waals surface area contributed by atoms with Gasteiger partial charge >= 0.3 is 0 Å². The first kappa shape index (κ1) is 15.9. The lowest BCUT2D eigenvalue weighted by atomic mass is 9.52. The number of hydrogen-bond acceptors (Lipinski definition) is 4. The summed E-state index contributed by atoms with van der Waals surface area (Å²) in [6, 6.07) is 0.139. The second-order valence-electron chi connectivity index (χ2n) is 8.67. The number of piperidine rings is 1. The number of rotatable bonds is 3. The molecule has 0 aromatic heterocycles. The van der Waals surface area contributed by atoms with Gasteiger partial charge in [0, 0.05) is 19.1 Å². The van der Waals surface area contributed by atoms with Crippen molar-refractivity contribution < 1.29 is 15.0 Å². The minimum absolute atomic E-state index is 0.122. The van der Waals surface area contributed by atoms with Crippen LogP contribution in [0.2, 0.25) is 0 Å². The monoisotopic (exact) mass is 322 g/mol. The fraction of sp³-hybridized carbons (Fsp3) is 0.944. The summed E-state index contributed by atoms with van der Waals surface area (Å²) in [6.45, 7) is 3.58. The van der Waals surface area contributed by atoms with Gasteiger partial charge in [0.15, 0.2) is 0 Å². The van der Waals surface area contributed by atoms with Crippen molar-refractivity contribution in [2.24, 2.45) is 17.8 Å². The minimum Gasteiger partial charge on any atom is -0.393 e. The average molecular weight is 322 g/mol. The van der Waals surface area contributed by atoms with E-state index >= 15 is 0 Å². The Bertz CT molecular complexity index is 459. The molecule has 1 heterocycles. The van der Waals surface area contributed by atoms with Crippen LogP contribution in [-0.4, -0.2) is 57.9 Å². The maximum Gasteiger partial charge on any atom is 0.237 e. The third-order valence-corrected chi connectivity index (χ3v) is 6.98. The van der Waals surface area contributed by atoms with Gasteiger partial charge < -0.3 is 15.5 Å². The third-order valence-electron chi connectivity index (χ3n) is 6.98. The van der Waals surface area contributed by atoms with Crippen molar-refractivity contribution >= 4 is 5.91 Å². The maximum absolute atomic E-state index is 12.7. The van der Waals surface area contributed by atoms with Crippen molar-refractivity contribution in [2.75, 3.05) is 13.1 Å². The highest BCUT2D eigenvalue weighted by molar-refractivity contribution is 5.81. The Labute approximate surface area is 138 Å². The highest BCUT2D eigenvalue weighted by Crippen LogP contribution is 2.55. The first-order valence-electron chi connectivity index (χ1n) is 9.38. The molecule has 5 rings (SSSR count). The largest absolute Gasteiger partial charge is 0.393 e. The normalized spacial score (nSPS) is 45.2.